The number of fused-ring (bicyclic) bond motifs is 3. The molecule has 0 saturated carbocycles. The third kappa shape index (κ3) is 3.97. The molecule has 0 amide bonds. The fourth-order valence-electron chi connectivity index (χ4n) is 3.57. The number of esters is 1. The zero-order chi connectivity index (χ0) is 21.1. The minimum atomic E-state index is -0.364. The lowest BCUT2D eigenvalue weighted by Crippen LogP contribution is -2.15. The fourth-order valence-corrected chi connectivity index (χ4v) is 3.57. The van der Waals surface area contributed by atoms with Crippen molar-refractivity contribution in [2.45, 2.75) is 6.42 Å². The van der Waals surface area contributed by atoms with Crippen LogP contribution in [0, 0.1) is 0 Å². The number of benzene rings is 2. The van der Waals surface area contributed by atoms with Crippen molar-refractivity contribution in [3.05, 3.63) is 54.1 Å². The number of anilines is 2. The summed E-state index contributed by atoms with van der Waals surface area (Å²) in [5.41, 5.74) is 3.32. The smallest absolute Gasteiger partial charge is 0.337 e. The van der Waals surface area contributed by atoms with E-state index in [1.54, 1.807) is 12.1 Å². The first-order valence-electron chi connectivity index (χ1n) is 9.91. The van der Waals surface area contributed by atoms with Crippen LogP contribution in [0.5, 0.6) is 5.75 Å². The zero-order valence-electron chi connectivity index (χ0n) is 17.4. The second kappa shape index (κ2) is 8.51. The molecule has 1 aliphatic heterocycles. The molecular weight excluding hydrogens is 380 g/mol. The van der Waals surface area contributed by atoms with Gasteiger partial charge in [0.05, 0.1) is 25.0 Å². The number of nitrogens with zero attached hydrogens (tertiary/aromatic N) is 1. The first-order valence-corrected chi connectivity index (χ1v) is 9.91. The monoisotopic (exact) mass is 406 g/mol. The molecule has 2 aliphatic rings. The van der Waals surface area contributed by atoms with Gasteiger partial charge in [0.25, 0.3) is 0 Å². The van der Waals surface area contributed by atoms with Crippen molar-refractivity contribution in [1.29, 1.82) is 0 Å². The Kier molecular flexibility index (Phi) is 5.63. The SMILES string of the molecule is COC(=O)c1cccc(Nc2[nH][nH]c3c4cccc(OCCCN(C)C)c4cc2-3)c1. The van der Waals surface area contributed by atoms with Crippen LogP contribution in [0.1, 0.15) is 16.8 Å². The van der Waals surface area contributed by atoms with E-state index in [-0.39, 0.29) is 5.97 Å². The van der Waals surface area contributed by atoms with Crippen molar-refractivity contribution in [1.82, 2.24) is 15.1 Å². The quantitative estimate of drug-likeness (QED) is 0.297. The second-order valence-corrected chi connectivity index (χ2v) is 7.48. The van der Waals surface area contributed by atoms with Crippen LogP contribution >= 0.6 is 0 Å². The van der Waals surface area contributed by atoms with Gasteiger partial charge in [-0.2, -0.15) is 0 Å². The number of ether oxygens (including phenoxy) is 2. The summed E-state index contributed by atoms with van der Waals surface area (Å²) in [5.74, 6) is 1.34. The van der Waals surface area contributed by atoms with Gasteiger partial charge in [-0.05, 0) is 50.8 Å². The number of nitrogens with one attached hydrogen (secondary N) is 3. The third-order valence-electron chi connectivity index (χ3n) is 5.04. The Morgan fingerprint density at radius 3 is 2.70 bits per heavy atom. The van der Waals surface area contributed by atoms with Crippen molar-refractivity contribution in [3.63, 3.8) is 0 Å². The maximum atomic E-state index is 11.8. The molecule has 156 valence electrons. The van der Waals surface area contributed by atoms with Crippen molar-refractivity contribution in [2.75, 3.05) is 39.7 Å². The van der Waals surface area contributed by atoms with Crippen molar-refractivity contribution < 1.29 is 14.3 Å². The number of rotatable bonds is 8. The number of hydrogen-bond acceptors (Lipinski definition) is 5. The average molecular weight is 406 g/mol. The molecule has 2 aromatic rings. The molecule has 0 fully saturated rings. The van der Waals surface area contributed by atoms with Crippen LogP contribution in [-0.4, -0.2) is 55.4 Å². The zero-order valence-corrected chi connectivity index (χ0v) is 17.4. The minimum absolute atomic E-state index is 0.364. The van der Waals surface area contributed by atoms with E-state index in [0.717, 1.165) is 52.3 Å². The van der Waals surface area contributed by atoms with E-state index < -0.39 is 0 Å². The highest BCUT2D eigenvalue weighted by atomic mass is 16.5. The molecule has 1 heterocycles. The topological polar surface area (TPSA) is 82.4 Å². The van der Waals surface area contributed by atoms with E-state index in [2.05, 4.69) is 46.6 Å². The molecule has 0 saturated heterocycles. The summed E-state index contributed by atoms with van der Waals surface area (Å²) in [7, 11) is 5.50. The second-order valence-electron chi connectivity index (χ2n) is 7.48. The Morgan fingerprint density at radius 1 is 1.07 bits per heavy atom. The molecule has 2 aromatic carbocycles. The third-order valence-corrected chi connectivity index (χ3v) is 5.04. The number of H-pyrrole nitrogens is 2. The lowest BCUT2D eigenvalue weighted by Gasteiger charge is -2.11. The first-order chi connectivity index (χ1) is 14.6. The van der Waals surface area contributed by atoms with Crippen molar-refractivity contribution in [3.8, 4) is 17.0 Å². The van der Waals surface area contributed by atoms with Gasteiger partial charge in [0, 0.05) is 28.6 Å². The average Bonchev–Trinajstić information content (AvgIpc) is 3.31. The van der Waals surface area contributed by atoms with Gasteiger partial charge in [-0.1, -0.05) is 18.2 Å². The molecule has 30 heavy (non-hydrogen) atoms. The van der Waals surface area contributed by atoms with Gasteiger partial charge in [0.1, 0.15) is 11.6 Å². The summed E-state index contributed by atoms with van der Waals surface area (Å²) in [4.78, 5) is 14.0. The van der Waals surface area contributed by atoms with Gasteiger partial charge in [0.2, 0.25) is 0 Å². The van der Waals surface area contributed by atoms with E-state index in [4.69, 9.17) is 9.47 Å². The highest BCUT2D eigenvalue weighted by Gasteiger charge is 2.19. The van der Waals surface area contributed by atoms with E-state index in [9.17, 15) is 4.79 Å². The molecule has 0 bridgehead atoms. The molecule has 0 unspecified atom stereocenters. The van der Waals surface area contributed by atoms with Gasteiger partial charge in [-0.15, -0.1) is 0 Å². The Labute approximate surface area is 175 Å². The van der Waals surface area contributed by atoms with Crippen molar-refractivity contribution >= 4 is 28.2 Å². The summed E-state index contributed by atoms with van der Waals surface area (Å²) in [6.07, 6.45) is 0.971. The Bertz CT molecular complexity index is 1130. The Hall–Kier alpha value is -3.45. The fraction of sp³-hybridized carbons (Fsp3) is 0.261. The van der Waals surface area contributed by atoms with Gasteiger partial charge >= 0.3 is 5.97 Å². The van der Waals surface area contributed by atoms with Crippen LogP contribution in [0.4, 0.5) is 11.5 Å². The van der Waals surface area contributed by atoms with Gasteiger partial charge in [-0.25, -0.2) is 4.79 Å². The normalized spacial score (nSPS) is 11.3. The van der Waals surface area contributed by atoms with Gasteiger partial charge in [0.15, 0.2) is 0 Å². The highest BCUT2D eigenvalue weighted by Crippen LogP contribution is 2.41. The summed E-state index contributed by atoms with van der Waals surface area (Å²) < 4.78 is 10.9. The molecule has 7 nitrogen and oxygen atoms in total. The van der Waals surface area contributed by atoms with Crippen LogP contribution in [0.25, 0.3) is 22.0 Å². The molecule has 0 atom stereocenters. The van der Waals surface area contributed by atoms with E-state index in [1.807, 2.05) is 24.3 Å². The van der Waals surface area contributed by atoms with E-state index in [0.29, 0.717) is 12.2 Å². The lowest BCUT2D eigenvalue weighted by atomic mass is 10.2. The standard InChI is InChI=1S/C23H26N4O3/c1-27(2)11-6-12-30-20-10-5-9-17-18(20)14-19-21(17)25-26-22(19)24-16-8-4-7-15(13-16)23(28)29-3/h4-5,7-10,13-14,24-26H,6,11-12H2,1-3H3. The predicted octanol–water partition coefficient (Wildman–Crippen LogP) is 4.46. The molecule has 4 rings (SSSR count). The van der Waals surface area contributed by atoms with Gasteiger partial charge in [-0.3, -0.25) is 10.2 Å². The molecule has 1 aliphatic carbocycles. The summed E-state index contributed by atoms with van der Waals surface area (Å²) >= 11 is 0. The summed E-state index contributed by atoms with van der Waals surface area (Å²) in [6, 6.07) is 15.4. The van der Waals surface area contributed by atoms with Crippen LogP contribution in [-0.2, 0) is 4.74 Å². The molecule has 3 N–H and O–H groups in total. The summed E-state index contributed by atoms with van der Waals surface area (Å²) in [6.45, 7) is 1.67. The number of carbonyl (C=O) groups is 1. The molecule has 0 aromatic heterocycles. The molecule has 7 heteroatoms. The predicted molar refractivity (Wildman–Crippen MR) is 119 cm³/mol. The van der Waals surface area contributed by atoms with Crippen LogP contribution in [0.2, 0.25) is 0 Å². The van der Waals surface area contributed by atoms with Crippen LogP contribution in [0.15, 0.2) is 48.5 Å². The lowest BCUT2D eigenvalue weighted by molar-refractivity contribution is 0.0601. The summed E-state index contributed by atoms with van der Waals surface area (Å²) in [5, 5.41) is 12.0. The van der Waals surface area contributed by atoms with Gasteiger partial charge < -0.3 is 19.7 Å². The number of carbonyl (C=O) groups excluding carboxylic acids is 1. The highest BCUT2D eigenvalue weighted by molar-refractivity contribution is 6.06. The van der Waals surface area contributed by atoms with E-state index >= 15 is 0 Å². The number of aromatic nitrogens is 2. The maximum absolute atomic E-state index is 11.8. The minimum Gasteiger partial charge on any atom is -0.493 e. The molecule has 0 spiro atoms. The first kappa shape index (κ1) is 19.8. The van der Waals surface area contributed by atoms with Crippen LogP contribution < -0.4 is 10.1 Å². The van der Waals surface area contributed by atoms with Crippen LogP contribution in [0.3, 0.4) is 0 Å². The number of aromatic amines is 2. The van der Waals surface area contributed by atoms with Crippen molar-refractivity contribution in [2.24, 2.45) is 0 Å². The largest absolute Gasteiger partial charge is 0.493 e. The van der Waals surface area contributed by atoms with E-state index in [1.165, 1.54) is 7.11 Å². The maximum Gasteiger partial charge on any atom is 0.337 e. The molecule has 0 radical (unpaired) electrons. The number of hydrogen-bond donors (Lipinski definition) is 3. The molecular formula is C23H26N4O3. The Balaban J connectivity index is 1.59. The Morgan fingerprint density at radius 2 is 1.90 bits per heavy atom. The number of methoxy groups -OCH3 is 1.